The van der Waals surface area contributed by atoms with Crippen molar-refractivity contribution in [1.82, 2.24) is 19.6 Å². The minimum atomic E-state index is -5.02. The minimum absolute atomic E-state index is 0.145. The highest BCUT2D eigenvalue weighted by atomic mass is 19.4. The number of piperazine rings is 2. The molecule has 2 fully saturated rings. The number of hydrogen-bond acceptors (Lipinski definition) is 8. The first-order valence-corrected chi connectivity index (χ1v) is 14.8. The molecule has 1 aromatic carbocycles. The molecule has 1 aromatic rings. The number of halogens is 4. The number of aliphatic imine (C=N–C) groups is 2. The van der Waals surface area contributed by atoms with E-state index in [9.17, 15) is 27.5 Å². The van der Waals surface area contributed by atoms with Gasteiger partial charge in [0.25, 0.3) is 0 Å². The summed E-state index contributed by atoms with van der Waals surface area (Å²) in [4.78, 5) is 31.0. The molecule has 0 bridgehead atoms. The summed E-state index contributed by atoms with van der Waals surface area (Å²) in [5.74, 6) is -2.07. The van der Waals surface area contributed by atoms with Crippen molar-refractivity contribution in [2.24, 2.45) is 15.9 Å². The number of hydrogen-bond donors (Lipinski definition) is 1. The van der Waals surface area contributed by atoms with Crippen LogP contribution in [-0.4, -0.2) is 120 Å². The van der Waals surface area contributed by atoms with Gasteiger partial charge in [0.15, 0.2) is 11.6 Å². The smallest absolute Gasteiger partial charge is 0.403 e. The Morgan fingerprint density at radius 3 is 2.40 bits per heavy atom. The van der Waals surface area contributed by atoms with E-state index >= 15 is 0 Å². The molecule has 0 spiro atoms. The Bertz CT molecular complexity index is 1190. The summed E-state index contributed by atoms with van der Waals surface area (Å²) in [6.07, 6.45) is -3.18. The minimum Gasteiger partial charge on any atom is -0.403 e. The summed E-state index contributed by atoms with van der Waals surface area (Å²) in [6, 6.07) is 3.68. The Morgan fingerprint density at radius 1 is 1.12 bits per heavy atom. The first-order chi connectivity index (χ1) is 20.3. The zero-order valence-corrected chi connectivity index (χ0v) is 25.1. The maximum atomic E-state index is 14.8. The van der Waals surface area contributed by atoms with Crippen LogP contribution in [0.2, 0.25) is 0 Å². The van der Waals surface area contributed by atoms with Crippen molar-refractivity contribution < 1.29 is 32.2 Å². The van der Waals surface area contributed by atoms with Gasteiger partial charge in [0.05, 0.1) is 17.7 Å². The van der Waals surface area contributed by atoms with E-state index in [1.807, 2.05) is 6.92 Å². The Hall–Kier alpha value is -3.03. The average Bonchev–Trinajstić information content (AvgIpc) is 3.01. The zero-order chi connectivity index (χ0) is 31.3. The van der Waals surface area contributed by atoms with Gasteiger partial charge in [-0.3, -0.25) is 14.6 Å². The number of aliphatic hydroxyl groups is 1. The topological polar surface area (TPSA) is 84.2 Å². The van der Waals surface area contributed by atoms with Gasteiger partial charge in [-0.2, -0.15) is 0 Å². The third-order valence-corrected chi connectivity index (χ3v) is 8.39. The van der Waals surface area contributed by atoms with Crippen LogP contribution in [0.5, 0.6) is 5.75 Å². The Balaban J connectivity index is 1.48. The molecular formula is C30H42F4N6O3. The third-order valence-electron chi connectivity index (χ3n) is 8.39. The van der Waals surface area contributed by atoms with Gasteiger partial charge < -0.3 is 19.6 Å². The number of amidine groups is 1. The van der Waals surface area contributed by atoms with E-state index in [0.29, 0.717) is 62.9 Å². The number of nitrogens with zero attached hydrogens (tertiary/aromatic N) is 6. The van der Waals surface area contributed by atoms with Crippen LogP contribution < -0.4 is 4.74 Å². The maximum Gasteiger partial charge on any atom is 0.573 e. The second kappa shape index (κ2) is 14.2. The normalized spacial score (nSPS) is 25.9. The predicted molar refractivity (Wildman–Crippen MR) is 157 cm³/mol. The molecule has 0 aromatic heterocycles. The van der Waals surface area contributed by atoms with Gasteiger partial charge in [-0.05, 0) is 43.9 Å². The van der Waals surface area contributed by atoms with Crippen molar-refractivity contribution in [2.45, 2.75) is 58.0 Å². The molecule has 0 radical (unpaired) electrons. The van der Waals surface area contributed by atoms with Gasteiger partial charge in [0.1, 0.15) is 12.2 Å². The summed E-state index contributed by atoms with van der Waals surface area (Å²) in [7, 11) is 0. The molecule has 3 aliphatic rings. The average molecular weight is 611 g/mol. The van der Waals surface area contributed by atoms with Gasteiger partial charge in [0, 0.05) is 71.4 Å². The molecule has 4 rings (SSSR count). The van der Waals surface area contributed by atoms with Crippen LogP contribution in [-0.2, 0) is 4.79 Å². The van der Waals surface area contributed by atoms with Crippen molar-refractivity contribution in [3.05, 3.63) is 41.9 Å². The molecule has 1 N–H and O–H groups in total. The lowest BCUT2D eigenvalue weighted by molar-refractivity contribution is -0.275. The molecule has 3 atom stereocenters. The summed E-state index contributed by atoms with van der Waals surface area (Å²) < 4.78 is 56.8. The highest BCUT2D eigenvalue weighted by molar-refractivity contribution is 5.90. The highest BCUT2D eigenvalue weighted by Gasteiger charge is 2.35. The van der Waals surface area contributed by atoms with Crippen LogP contribution >= 0.6 is 0 Å². The van der Waals surface area contributed by atoms with Crippen molar-refractivity contribution in [1.29, 1.82) is 0 Å². The highest BCUT2D eigenvalue weighted by Crippen LogP contribution is 2.30. The third kappa shape index (κ3) is 8.99. The van der Waals surface area contributed by atoms with Crippen molar-refractivity contribution in [3.8, 4) is 5.75 Å². The quantitative estimate of drug-likeness (QED) is 0.495. The molecule has 9 nitrogen and oxygen atoms in total. The van der Waals surface area contributed by atoms with E-state index < -0.39 is 30.0 Å². The lowest BCUT2D eigenvalue weighted by atomic mass is 9.95. The van der Waals surface area contributed by atoms with Crippen molar-refractivity contribution >= 4 is 18.1 Å². The first-order valence-electron chi connectivity index (χ1n) is 14.8. The molecule has 13 heteroatoms. The number of benzene rings is 1. The first kappa shape index (κ1) is 32.9. The fourth-order valence-corrected chi connectivity index (χ4v) is 5.82. The number of alkyl halides is 3. The summed E-state index contributed by atoms with van der Waals surface area (Å²) in [5.41, 5.74) is 0.688. The molecule has 0 saturated carbocycles. The molecule has 2 saturated heterocycles. The molecule has 43 heavy (non-hydrogen) atoms. The maximum absolute atomic E-state index is 14.8. The second-order valence-corrected chi connectivity index (χ2v) is 11.9. The summed E-state index contributed by atoms with van der Waals surface area (Å²) >= 11 is 0. The number of ether oxygens (including phenoxy) is 1. The van der Waals surface area contributed by atoms with E-state index in [-0.39, 0.29) is 11.8 Å². The molecule has 0 aliphatic carbocycles. The zero-order valence-electron chi connectivity index (χ0n) is 25.1. The van der Waals surface area contributed by atoms with Crippen LogP contribution in [0.3, 0.4) is 0 Å². The molecule has 3 heterocycles. The van der Waals surface area contributed by atoms with Crippen LogP contribution in [0.25, 0.3) is 0 Å². The van der Waals surface area contributed by atoms with E-state index in [0.717, 1.165) is 44.1 Å². The second-order valence-electron chi connectivity index (χ2n) is 11.9. The number of carbonyl (C=O) groups is 1. The van der Waals surface area contributed by atoms with Crippen LogP contribution in [0.15, 0.2) is 40.5 Å². The monoisotopic (exact) mass is 610 g/mol. The molecule has 238 valence electrons. The number of carbonyl (C=O) groups excluding carboxylic acids is 1. The van der Waals surface area contributed by atoms with Crippen molar-refractivity contribution in [3.63, 3.8) is 0 Å². The fourth-order valence-electron chi connectivity index (χ4n) is 5.82. The lowest BCUT2D eigenvalue weighted by Gasteiger charge is -2.41. The van der Waals surface area contributed by atoms with Gasteiger partial charge in [0.2, 0.25) is 5.91 Å². The van der Waals surface area contributed by atoms with Crippen molar-refractivity contribution in [2.75, 3.05) is 58.9 Å². The number of aliphatic hydroxyl groups excluding tert-OH is 1. The Kier molecular flexibility index (Phi) is 10.8. The SMILES string of the molecule is C=C1/N=C\N=C(\N2CCN(C(=O)[C@H](CN3CCN(C(C)C)CC3)c3ccc(OC(F)(F)F)c(F)c3)CC2)C[C@H](C)C[C@H]1O. The Labute approximate surface area is 250 Å². The Morgan fingerprint density at radius 2 is 1.79 bits per heavy atom. The standard InChI is InChI=1S/C30H42F4N6O3/c1-20(2)38-9-7-37(8-10-38)18-24(23-5-6-27(25(31)17-23)43-30(32,33)34)29(42)40-13-11-39(12-14-40)28-16-21(3)15-26(41)22(4)35-19-36-28/h5-6,17,19-21,24,26,41H,4,7-16,18H2,1-3H3/b35-19-,36-28+/t21-,24-,26-/m1/s1. The molecular weight excluding hydrogens is 568 g/mol. The van der Waals surface area contributed by atoms with E-state index in [2.05, 4.69) is 49.8 Å². The van der Waals surface area contributed by atoms with Crippen LogP contribution in [0.4, 0.5) is 17.6 Å². The number of amides is 1. The lowest BCUT2D eigenvalue weighted by Crippen LogP contribution is -2.54. The van der Waals surface area contributed by atoms with Crippen LogP contribution in [0, 0.1) is 11.7 Å². The van der Waals surface area contributed by atoms with E-state index in [1.165, 1.54) is 12.4 Å². The van der Waals surface area contributed by atoms with Gasteiger partial charge in [-0.25, -0.2) is 14.4 Å². The van der Waals surface area contributed by atoms with Gasteiger partial charge >= 0.3 is 6.36 Å². The number of rotatable bonds is 6. The molecule has 3 aliphatic heterocycles. The van der Waals surface area contributed by atoms with E-state index in [4.69, 9.17) is 0 Å². The fraction of sp³-hybridized carbons (Fsp3) is 0.633. The van der Waals surface area contributed by atoms with Crippen LogP contribution in [0.1, 0.15) is 45.1 Å². The van der Waals surface area contributed by atoms with E-state index in [1.54, 1.807) is 4.90 Å². The largest absolute Gasteiger partial charge is 0.573 e. The molecule has 1 amide bonds. The van der Waals surface area contributed by atoms with Gasteiger partial charge in [-0.15, -0.1) is 13.2 Å². The summed E-state index contributed by atoms with van der Waals surface area (Å²) in [5, 5.41) is 10.2. The molecule has 0 unspecified atom stereocenters. The predicted octanol–water partition coefficient (Wildman–Crippen LogP) is 3.71. The summed E-state index contributed by atoms with van der Waals surface area (Å²) in [6.45, 7) is 15.4. The van der Waals surface area contributed by atoms with Gasteiger partial charge in [-0.1, -0.05) is 19.6 Å².